The minimum atomic E-state index is 0.0690. The number of likely N-dealkylation sites (N-methyl/N-ethyl adjacent to an activating group) is 1. The summed E-state index contributed by atoms with van der Waals surface area (Å²) in [6.45, 7) is 13.4. The summed E-state index contributed by atoms with van der Waals surface area (Å²) in [6.07, 6.45) is 2.94. The van der Waals surface area contributed by atoms with Gasteiger partial charge in [0.25, 0.3) is 0 Å². The minimum Gasteiger partial charge on any atom is -0.309 e. The zero-order valence-electron chi connectivity index (χ0n) is 18.4. The molecule has 1 aromatic carbocycles. The number of piperazine rings is 1. The summed E-state index contributed by atoms with van der Waals surface area (Å²) in [4.78, 5) is 17.6. The fraction of sp³-hybridized carbons (Fsp3) is 0.583. The van der Waals surface area contributed by atoms with Crippen molar-refractivity contribution in [1.29, 1.82) is 0 Å². The number of nitrogens with one attached hydrogen (secondary N) is 2. The number of aromatic nitrogens is 2. The monoisotopic (exact) mass is 407 g/mol. The predicted molar refractivity (Wildman–Crippen MR) is 119 cm³/mol. The Balaban J connectivity index is 1.47. The normalized spacial score (nSPS) is 22.8. The van der Waals surface area contributed by atoms with Crippen LogP contribution < -0.4 is 5.32 Å². The molecule has 0 radical (unpaired) electrons. The van der Waals surface area contributed by atoms with Crippen LogP contribution in [0.2, 0.25) is 0 Å². The van der Waals surface area contributed by atoms with Crippen molar-refractivity contribution in [3.05, 3.63) is 45.6 Å². The molecule has 2 N–H and O–H groups in total. The van der Waals surface area contributed by atoms with Crippen LogP contribution in [0.3, 0.4) is 0 Å². The van der Waals surface area contributed by atoms with E-state index < -0.39 is 0 Å². The number of aryl methyl sites for hydroxylation is 1. The van der Waals surface area contributed by atoms with Gasteiger partial charge in [-0.2, -0.15) is 5.10 Å². The molecule has 1 aromatic heterocycles. The van der Waals surface area contributed by atoms with E-state index in [2.05, 4.69) is 58.2 Å². The maximum atomic E-state index is 12.5. The molecule has 30 heavy (non-hydrogen) atoms. The van der Waals surface area contributed by atoms with Crippen LogP contribution in [0.1, 0.15) is 71.5 Å². The summed E-state index contributed by atoms with van der Waals surface area (Å²) in [6, 6.07) is 4.64. The third-order valence-electron chi connectivity index (χ3n) is 7.20. The molecular weight excluding hydrogens is 374 g/mol. The van der Waals surface area contributed by atoms with E-state index in [9.17, 15) is 4.79 Å². The first-order valence-electron chi connectivity index (χ1n) is 11.5. The molecule has 3 heterocycles. The smallest absolute Gasteiger partial charge is 0.226 e. The Morgan fingerprint density at radius 2 is 1.83 bits per heavy atom. The van der Waals surface area contributed by atoms with Crippen molar-refractivity contribution in [2.24, 2.45) is 0 Å². The lowest BCUT2D eigenvalue weighted by atomic mass is 9.81. The van der Waals surface area contributed by atoms with Gasteiger partial charge in [0.2, 0.25) is 5.91 Å². The van der Waals surface area contributed by atoms with Crippen LogP contribution in [0.15, 0.2) is 12.1 Å². The number of hydrogen-bond acceptors (Lipinski definition) is 4. The molecule has 3 aliphatic rings. The SMILES string of the molecule is CCN1CCN(Cc2cc(C)cc(C3CC(=O)Nc4n[nH]c(C5CC5)c43)c2C)CC1. The van der Waals surface area contributed by atoms with Gasteiger partial charge in [0.1, 0.15) is 0 Å². The van der Waals surface area contributed by atoms with Gasteiger partial charge in [-0.1, -0.05) is 24.6 Å². The van der Waals surface area contributed by atoms with Crippen LogP contribution in [0.4, 0.5) is 5.82 Å². The first kappa shape index (κ1) is 19.8. The van der Waals surface area contributed by atoms with Gasteiger partial charge in [0, 0.05) is 62.2 Å². The van der Waals surface area contributed by atoms with E-state index in [4.69, 9.17) is 0 Å². The Bertz CT molecular complexity index is 953. The molecule has 2 aliphatic heterocycles. The molecule has 2 fully saturated rings. The summed E-state index contributed by atoms with van der Waals surface area (Å²) in [5.74, 6) is 1.49. The second-order valence-electron chi connectivity index (χ2n) is 9.33. The van der Waals surface area contributed by atoms with E-state index >= 15 is 0 Å². The van der Waals surface area contributed by atoms with E-state index in [-0.39, 0.29) is 11.8 Å². The summed E-state index contributed by atoms with van der Waals surface area (Å²) < 4.78 is 0. The topological polar surface area (TPSA) is 64.3 Å². The molecule has 6 nitrogen and oxygen atoms in total. The van der Waals surface area contributed by atoms with Crippen molar-refractivity contribution < 1.29 is 4.79 Å². The zero-order valence-corrected chi connectivity index (χ0v) is 18.4. The van der Waals surface area contributed by atoms with Crippen LogP contribution in [-0.4, -0.2) is 58.6 Å². The molecule has 1 amide bonds. The lowest BCUT2D eigenvalue weighted by molar-refractivity contribution is -0.116. The lowest BCUT2D eigenvalue weighted by Crippen LogP contribution is -2.45. The second-order valence-corrected chi connectivity index (χ2v) is 9.33. The van der Waals surface area contributed by atoms with Gasteiger partial charge in [-0.05, 0) is 49.9 Å². The number of amides is 1. The van der Waals surface area contributed by atoms with Crippen molar-refractivity contribution in [2.75, 3.05) is 38.0 Å². The molecule has 0 bridgehead atoms. The van der Waals surface area contributed by atoms with Gasteiger partial charge < -0.3 is 10.2 Å². The maximum Gasteiger partial charge on any atom is 0.226 e. The zero-order chi connectivity index (χ0) is 20.8. The summed E-state index contributed by atoms with van der Waals surface area (Å²) in [5, 5.41) is 10.7. The molecule has 1 saturated heterocycles. The molecule has 1 aliphatic carbocycles. The number of aromatic amines is 1. The van der Waals surface area contributed by atoms with Crippen LogP contribution in [-0.2, 0) is 11.3 Å². The van der Waals surface area contributed by atoms with Crippen LogP contribution in [0.25, 0.3) is 0 Å². The van der Waals surface area contributed by atoms with E-state index in [1.807, 2.05) is 0 Å². The van der Waals surface area contributed by atoms with Crippen molar-refractivity contribution in [3.8, 4) is 0 Å². The number of H-pyrrole nitrogens is 1. The molecule has 2 aromatic rings. The number of hydrogen-bond donors (Lipinski definition) is 2. The summed E-state index contributed by atoms with van der Waals surface area (Å²) in [5.41, 5.74) is 7.80. The maximum absolute atomic E-state index is 12.5. The number of anilines is 1. The van der Waals surface area contributed by atoms with Crippen LogP contribution in [0.5, 0.6) is 0 Å². The van der Waals surface area contributed by atoms with E-state index in [1.165, 1.54) is 46.4 Å². The number of carbonyl (C=O) groups excluding carboxylic acids is 1. The largest absolute Gasteiger partial charge is 0.309 e. The Morgan fingerprint density at radius 1 is 1.10 bits per heavy atom. The highest BCUT2D eigenvalue weighted by molar-refractivity contribution is 5.94. The number of nitrogens with zero attached hydrogens (tertiary/aromatic N) is 3. The number of fused-ring (bicyclic) bond motifs is 1. The first-order chi connectivity index (χ1) is 14.5. The van der Waals surface area contributed by atoms with E-state index in [0.717, 1.165) is 45.1 Å². The standard InChI is InChI=1S/C24H33N5O/c1-4-28-7-9-29(10-8-28)14-18-11-15(2)12-19(16(18)3)20-13-21(30)25-24-22(20)23(26-27-24)17-5-6-17/h11-12,17,20H,4-10,13-14H2,1-3H3,(H2,25,26,27,30). The Kier molecular flexibility index (Phi) is 5.15. The number of rotatable bonds is 5. The summed E-state index contributed by atoms with van der Waals surface area (Å²) >= 11 is 0. The molecule has 160 valence electrons. The molecule has 1 saturated carbocycles. The van der Waals surface area contributed by atoms with Gasteiger partial charge in [0.05, 0.1) is 0 Å². The predicted octanol–water partition coefficient (Wildman–Crippen LogP) is 3.52. The molecule has 0 spiro atoms. The Labute approximate surface area is 179 Å². The highest BCUT2D eigenvalue weighted by atomic mass is 16.1. The third-order valence-corrected chi connectivity index (χ3v) is 7.20. The summed E-state index contributed by atoms with van der Waals surface area (Å²) in [7, 11) is 0. The average Bonchev–Trinajstić information content (AvgIpc) is 3.50. The van der Waals surface area contributed by atoms with Crippen molar-refractivity contribution in [1.82, 2.24) is 20.0 Å². The van der Waals surface area contributed by atoms with E-state index in [0.29, 0.717) is 12.3 Å². The van der Waals surface area contributed by atoms with Gasteiger partial charge in [-0.15, -0.1) is 0 Å². The molecule has 5 rings (SSSR count). The average molecular weight is 408 g/mol. The van der Waals surface area contributed by atoms with Crippen molar-refractivity contribution in [2.45, 2.75) is 58.4 Å². The van der Waals surface area contributed by atoms with Gasteiger partial charge >= 0.3 is 0 Å². The van der Waals surface area contributed by atoms with Crippen LogP contribution in [0, 0.1) is 13.8 Å². The van der Waals surface area contributed by atoms with Crippen LogP contribution >= 0.6 is 0 Å². The number of carbonyl (C=O) groups is 1. The van der Waals surface area contributed by atoms with Gasteiger partial charge in [-0.25, -0.2) is 0 Å². The first-order valence-corrected chi connectivity index (χ1v) is 11.5. The van der Waals surface area contributed by atoms with Crippen molar-refractivity contribution >= 4 is 11.7 Å². The Morgan fingerprint density at radius 3 is 2.53 bits per heavy atom. The second kappa shape index (κ2) is 7.82. The van der Waals surface area contributed by atoms with Gasteiger partial charge in [0.15, 0.2) is 5.82 Å². The fourth-order valence-corrected chi connectivity index (χ4v) is 5.23. The highest BCUT2D eigenvalue weighted by Crippen LogP contribution is 2.48. The molecular formula is C24H33N5O. The van der Waals surface area contributed by atoms with E-state index in [1.54, 1.807) is 0 Å². The molecule has 1 unspecified atom stereocenters. The third kappa shape index (κ3) is 3.67. The number of benzene rings is 1. The quantitative estimate of drug-likeness (QED) is 0.796. The lowest BCUT2D eigenvalue weighted by Gasteiger charge is -2.34. The van der Waals surface area contributed by atoms with Gasteiger partial charge in [-0.3, -0.25) is 14.8 Å². The minimum absolute atomic E-state index is 0.0690. The fourth-order valence-electron chi connectivity index (χ4n) is 5.23. The van der Waals surface area contributed by atoms with Crippen molar-refractivity contribution in [3.63, 3.8) is 0 Å². The molecule has 1 atom stereocenters. The highest BCUT2D eigenvalue weighted by Gasteiger charge is 2.37. The molecule has 6 heteroatoms. The Hall–Kier alpha value is -2.18.